The fourth-order valence-electron chi connectivity index (χ4n) is 2.67. The van der Waals surface area contributed by atoms with E-state index in [1.165, 1.54) is 0 Å². The molecule has 2 N–H and O–H groups in total. The summed E-state index contributed by atoms with van der Waals surface area (Å²) in [6, 6.07) is 0.583. The van der Waals surface area contributed by atoms with Gasteiger partial charge in [-0.15, -0.1) is 0 Å². The molecule has 23 heavy (non-hydrogen) atoms. The molecule has 6 nitrogen and oxygen atoms in total. The minimum atomic E-state index is 0.583. The molecule has 1 rings (SSSR count). The third-order valence-electron chi connectivity index (χ3n) is 4.19. The van der Waals surface area contributed by atoms with Gasteiger partial charge in [-0.05, 0) is 33.2 Å². The van der Waals surface area contributed by atoms with E-state index in [0.29, 0.717) is 12.0 Å². The second-order valence-electron chi connectivity index (χ2n) is 6.31. The highest BCUT2D eigenvalue weighted by Crippen LogP contribution is 2.12. The number of hydrogen-bond acceptors (Lipinski definition) is 4. The van der Waals surface area contributed by atoms with Crippen molar-refractivity contribution in [2.45, 2.75) is 39.7 Å². The van der Waals surface area contributed by atoms with Gasteiger partial charge in [-0.1, -0.05) is 6.92 Å². The van der Waals surface area contributed by atoms with Crippen molar-refractivity contribution in [1.29, 1.82) is 0 Å². The smallest absolute Gasteiger partial charge is 0.191 e. The number of aliphatic imine (C=N–C) groups is 1. The van der Waals surface area contributed by atoms with Gasteiger partial charge in [0.2, 0.25) is 0 Å². The van der Waals surface area contributed by atoms with Gasteiger partial charge in [-0.2, -0.15) is 0 Å². The zero-order valence-electron chi connectivity index (χ0n) is 15.4. The predicted octanol–water partition coefficient (Wildman–Crippen LogP) is 1.32. The molecule has 0 bridgehead atoms. The van der Waals surface area contributed by atoms with Crippen LogP contribution in [-0.2, 0) is 9.47 Å². The Morgan fingerprint density at radius 2 is 2.13 bits per heavy atom. The van der Waals surface area contributed by atoms with Gasteiger partial charge in [0.1, 0.15) is 0 Å². The van der Waals surface area contributed by atoms with Gasteiger partial charge in [-0.3, -0.25) is 9.89 Å². The van der Waals surface area contributed by atoms with Crippen LogP contribution < -0.4 is 10.6 Å². The largest absolute Gasteiger partial charge is 0.381 e. The van der Waals surface area contributed by atoms with Crippen molar-refractivity contribution in [3.8, 4) is 0 Å². The number of likely N-dealkylation sites (N-methyl/N-ethyl adjacent to an activating group) is 1. The van der Waals surface area contributed by atoms with Crippen LogP contribution in [0.4, 0.5) is 0 Å². The summed E-state index contributed by atoms with van der Waals surface area (Å²) in [5.41, 5.74) is 0. The number of hydrogen-bond donors (Lipinski definition) is 2. The maximum atomic E-state index is 5.70. The summed E-state index contributed by atoms with van der Waals surface area (Å²) in [4.78, 5) is 6.69. The van der Waals surface area contributed by atoms with Crippen molar-refractivity contribution in [2.24, 2.45) is 10.9 Å². The Morgan fingerprint density at radius 1 is 1.35 bits per heavy atom. The fraction of sp³-hybridized carbons (Fsp3) is 0.941. The first-order valence-corrected chi connectivity index (χ1v) is 9.01. The summed E-state index contributed by atoms with van der Waals surface area (Å²) in [7, 11) is 1.81. The summed E-state index contributed by atoms with van der Waals surface area (Å²) >= 11 is 0. The molecule has 0 aromatic carbocycles. The molecule has 0 amide bonds. The zero-order valence-corrected chi connectivity index (χ0v) is 15.4. The Balaban J connectivity index is 2.00. The minimum absolute atomic E-state index is 0.583. The monoisotopic (exact) mass is 328 g/mol. The van der Waals surface area contributed by atoms with E-state index in [4.69, 9.17) is 9.47 Å². The zero-order chi connectivity index (χ0) is 16.9. The first-order valence-electron chi connectivity index (χ1n) is 9.01. The standard InChI is InChI=1S/C17H36N4O2/c1-5-21(15(2)3)10-9-20-17(18-4)19-8-6-11-22-13-16-7-12-23-14-16/h15-16H,5-14H2,1-4H3,(H2,18,19,20). The summed E-state index contributed by atoms with van der Waals surface area (Å²) in [6.45, 7) is 13.9. The van der Waals surface area contributed by atoms with Crippen LogP contribution in [0, 0.1) is 5.92 Å². The first kappa shape index (κ1) is 20.2. The predicted molar refractivity (Wildman–Crippen MR) is 96.1 cm³/mol. The van der Waals surface area contributed by atoms with Crippen molar-refractivity contribution in [3.63, 3.8) is 0 Å². The fourth-order valence-corrected chi connectivity index (χ4v) is 2.67. The van der Waals surface area contributed by atoms with Gasteiger partial charge in [-0.25, -0.2) is 0 Å². The Bertz CT molecular complexity index is 318. The highest BCUT2D eigenvalue weighted by Gasteiger charge is 2.15. The molecule has 0 aliphatic carbocycles. The van der Waals surface area contributed by atoms with Crippen LogP contribution in [0.25, 0.3) is 0 Å². The van der Waals surface area contributed by atoms with Crippen LogP contribution in [-0.4, -0.2) is 76.6 Å². The second-order valence-corrected chi connectivity index (χ2v) is 6.31. The molecule has 1 fully saturated rings. The summed E-state index contributed by atoms with van der Waals surface area (Å²) < 4.78 is 11.0. The van der Waals surface area contributed by atoms with E-state index in [2.05, 4.69) is 41.3 Å². The van der Waals surface area contributed by atoms with Gasteiger partial charge < -0.3 is 20.1 Å². The molecule has 0 radical (unpaired) electrons. The molecule has 0 saturated carbocycles. The Labute approximate surface area is 142 Å². The van der Waals surface area contributed by atoms with Crippen molar-refractivity contribution < 1.29 is 9.47 Å². The molecule has 1 aliphatic rings. The van der Waals surface area contributed by atoms with Crippen LogP contribution in [0.5, 0.6) is 0 Å². The lowest BCUT2D eigenvalue weighted by Gasteiger charge is -2.25. The second kappa shape index (κ2) is 12.6. The first-order chi connectivity index (χ1) is 11.2. The summed E-state index contributed by atoms with van der Waals surface area (Å²) in [5, 5.41) is 6.70. The molecule has 136 valence electrons. The normalized spacial score (nSPS) is 18.9. The van der Waals surface area contributed by atoms with E-state index < -0.39 is 0 Å². The lowest BCUT2D eigenvalue weighted by Crippen LogP contribution is -2.43. The molecular weight excluding hydrogens is 292 g/mol. The van der Waals surface area contributed by atoms with Crippen LogP contribution in [0.2, 0.25) is 0 Å². The third kappa shape index (κ3) is 9.13. The number of rotatable bonds is 11. The molecule has 0 aromatic heterocycles. The number of nitrogens with one attached hydrogen (secondary N) is 2. The van der Waals surface area contributed by atoms with Crippen molar-refractivity contribution >= 4 is 5.96 Å². The van der Waals surface area contributed by atoms with Crippen molar-refractivity contribution in [2.75, 3.05) is 59.7 Å². The number of nitrogens with zero attached hydrogens (tertiary/aromatic N) is 2. The highest BCUT2D eigenvalue weighted by molar-refractivity contribution is 5.79. The van der Waals surface area contributed by atoms with E-state index >= 15 is 0 Å². The van der Waals surface area contributed by atoms with Crippen molar-refractivity contribution in [3.05, 3.63) is 0 Å². The molecule has 1 saturated heterocycles. The number of ether oxygens (including phenoxy) is 2. The maximum Gasteiger partial charge on any atom is 0.191 e. The molecule has 1 aliphatic heterocycles. The van der Waals surface area contributed by atoms with Crippen LogP contribution in [0.15, 0.2) is 4.99 Å². The van der Waals surface area contributed by atoms with Gasteiger partial charge in [0.05, 0.1) is 13.2 Å². The summed E-state index contributed by atoms with van der Waals surface area (Å²) in [6.07, 6.45) is 2.13. The third-order valence-corrected chi connectivity index (χ3v) is 4.19. The number of guanidine groups is 1. The van der Waals surface area contributed by atoms with Gasteiger partial charge in [0, 0.05) is 51.9 Å². The van der Waals surface area contributed by atoms with Crippen LogP contribution >= 0.6 is 0 Å². The highest BCUT2D eigenvalue weighted by atomic mass is 16.5. The molecule has 1 unspecified atom stereocenters. The molecule has 1 heterocycles. The molecule has 0 spiro atoms. The van der Waals surface area contributed by atoms with Gasteiger partial charge in [0.15, 0.2) is 5.96 Å². The van der Waals surface area contributed by atoms with Gasteiger partial charge in [0.25, 0.3) is 0 Å². The molecule has 6 heteroatoms. The van der Waals surface area contributed by atoms with E-state index in [-0.39, 0.29) is 0 Å². The summed E-state index contributed by atoms with van der Waals surface area (Å²) in [5.74, 6) is 1.47. The van der Waals surface area contributed by atoms with Crippen molar-refractivity contribution in [1.82, 2.24) is 15.5 Å². The van der Waals surface area contributed by atoms with Crippen LogP contribution in [0.1, 0.15) is 33.6 Å². The molecule has 1 atom stereocenters. The topological polar surface area (TPSA) is 58.1 Å². The Kier molecular flexibility index (Phi) is 11.0. The van der Waals surface area contributed by atoms with Gasteiger partial charge >= 0.3 is 0 Å². The SMILES string of the molecule is CCN(CCNC(=NC)NCCCOCC1CCOC1)C(C)C. The van der Waals surface area contributed by atoms with E-state index in [1.807, 2.05) is 7.05 Å². The molecule has 0 aromatic rings. The average Bonchev–Trinajstić information content (AvgIpc) is 3.05. The average molecular weight is 329 g/mol. The Hall–Kier alpha value is -0.850. The van der Waals surface area contributed by atoms with E-state index in [9.17, 15) is 0 Å². The Morgan fingerprint density at radius 3 is 2.74 bits per heavy atom. The lowest BCUT2D eigenvalue weighted by atomic mass is 10.1. The lowest BCUT2D eigenvalue weighted by molar-refractivity contribution is 0.0888. The van der Waals surface area contributed by atoms with E-state index in [0.717, 1.165) is 71.4 Å². The minimum Gasteiger partial charge on any atom is -0.381 e. The molecular formula is C17H36N4O2. The van der Waals surface area contributed by atoms with E-state index in [1.54, 1.807) is 0 Å². The quantitative estimate of drug-likeness (QED) is 0.340. The maximum absolute atomic E-state index is 5.70. The van der Waals surface area contributed by atoms with Crippen LogP contribution in [0.3, 0.4) is 0 Å².